The third kappa shape index (κ3) is 2.93. The molecule has 0 aliphatic carbocycles. The van der Waals surface area contributed by atoms with Crippen LogP contribution in [0.5, 0.6) is 0 Å². The van der Waals surface area contributed by atoms with Gasteiger partial charge in [0.1, 0.15) is 11.9 Å². The van der Waals surface area contributed by atoms with Crippen LogP contribution in [0.3, 0.4) is 0 Å². The summed E-state index contributed by atoms with van der Waals surface area (Å²) in [6.45, 7) is 4.68. The average molecular weight is 311 g/mol. The highest BCUT2D eigenvalue weighted by Crippen LogP contribution is 2.23. The van der Waals surface area contributed by atoms with E-state index >= 15 is 0 Å². The Morgan fingerprint density at radius 2 is 1.86 bits per heavy atom. The maximum Gasteiger partial charge on any atom is 0.243 e. The third-order valence-electron chi connectivity index (χ3n) is 4.02. The van der Waals surface area contributed by atoms with Gasteiger partial charge in [0.25, 0.3) is 0 Å². The molecule has 2 atom stereocenters. The van der Waals surface area contributed by atoms with Crippen molar-refractivity contribution < 1.29 is 12.8 Å². The molecule has 114 valence electrons. The number of hydrogen-bond acceptors (Lipinski definition) is 4. The number of nitriles is 1. The van der Waals surface area contributed by atoms with Gasteiger partial charge in [0, 0.05) is 25.2 Å². The molecule has 1 fully saturated rings. The summed E-state index contributed by atoms with van der Waals surface area (Å²) in [6, 6.07) is 5.19. The maximum atomic E-state index is 13.3. The van der Waals surface area contributed by atoms with Crippen molar-refractivity contribution in [1.29, 1.82) is 5.26 Å². The van der Waals surface area contributed by atoms with Crippen molar-refractivity contribution in [3.8, 4) is 6.07 Å². The van der Waals surface area contributed by atoms with Crippen LogP contribution in [0.1, 0.15) is 19.4 Å². The average Bonchev–Trinajstić information content (AvgIpc) is 2.44. The smallest absolute Gasteiger partial charge is 0.243 e. The molecular formula is C14H18FN3O2S. The normalized spacial score (nSPS) is 24.7. The van der Waals surface area contributed by atoms with Gasteiger partial charge >= 0.3 is 0 Å². The third-order valence-corrected chi connectivity index (χ3v) is 5.85. The van der Waals surface area contributed by atoms with E-state index in [-0.39, 0.29) is 22.5 Å². The summed E-state index contributed by atoms with van der Waals surface area (Å²) in [5.74, 6) is -0.712. The van der Waals surface area contributed by atoms with Crippen molar-refractivity contribution in [1.82, 2.24) is 9.21 Å². The Kier molecular flexibility index (Phi) is 4.33. The van der Waals surface area contributed by atoms with Crippen LogP contribution in [0.4, 0.5) is 4.39 Å². The van der Waals surface area contributed by atoms with Gasteiger partial charge in [-0.1, -0.05) is 0 Å². The molecule has 21 heavy (non-hydrogen) atoms. The molecule has 0 bridgehead atoms. The molecule has 0 N–H and O–H groups in total. The number of sulfonamides is 1. The van der Waals surface area contributed by atoms with Gasteiger partial charge in [0.05, 0.1) is 10.5 Å². The van der Waals surface area contributed by atoms with Crippen LogP contribution in [-0.4, -0.2) is 49.8 Å². The number of halogens is 1. The number of piperazine rings is 1. The van der Waals surface area contributed by atoms with Gasteiger partial charge in [-0.2, -0.15) is 9.57 Å². The van der Waals surface area contributed by atoms with Gasteiger partial charge in [0.15, 0.2) is 0 Å². The molecule has 1 aliphatic heterocycles. The molecule has 2 rings (SSSR count). The Hall–Kier alpha value is -1.49. The summed E-state index contributed by atoms with van der Waals surface area (Å²) >= 11 is 0. The molecule has 0 spiro atoms. The van der Waals surface area contributed by atoms with Gasteiger partial charge in [-0.15, -0.1) is 0 Å². The highest BCUT2D eigenvalue weighted by Gasteiger charge is 2.34. The highest BCUT2D eigenvalue weighted by atomic mass is 32.2. The summed E-state index contributed by atoms with van der Waals surface area (Å²) < 4.78 is 40.0. The highest BCUT2D eigenvalue weighted by molar-refractivity contribution is 7.89. The lowest BCUT2D eigenvalue weighted by atomic mass is 10.1. The maximum absolute atomic E-state index is 13.3. The van der Waals surface area contributed by atoms with Crippen LogP contribution >= 0.6 is 0 Å². The van der Waals surface area contributed by atoms with E-state index in [9.17, 15) is 12.8 Å². The number of likely N-dealkylation sites (N-methyl/N-ethyl adjacent to an activating group) is 1. The first kappa shape index (κ1) is 15.9. The van der Waals surface area contributed by atoms with Crippen LogP contribution in [-0.2, 0) is 10.0 Å². The lowest BCUT2D eigenvalue weighted by molar-refractivity contribution is 0.105. The van der Waals surface area contributed by atoms with Crippen molar-refractivity contribution in [2.75, 3.05) is 20.1 Å². The number of benzene rings is 1. The molecule has 2 unspecified atom stereocenters. The monoisotopic (exact) mass is 311 g/mol. The molecule has 0 saturated carbocycles. The second kappa shape index (κ2) is 5.72. The Bertz CT molecular complexity index is 672. The van der Waals surface area contributed by atoms with Crippen molar-refractivity contribution in [2.45, 2.75) is 30.8 Å². The Morgan fingerprint density at radius 1 is 1.29 bits per heavy atom. The molecule has 0 radical (unpaired) electrons. The molecule has 1 aromatic rings. The molecule has 0 aromatic heterocycles. The minimum Gasteiger partial charge on any atom is -0.298 e. The Balaban J connectivity index is 2.37. The zero-order valence-electron chi connectivity index (χ0n) is 12.2. The Morgan fingerprint density at radius 3 is 2.38 bits per heavy atom. The second-order valence-electron chi connectivity index (χ2n) is 5.44. The summed E-state index contributed by atoms with van der Waals surface area (Å²) in [7, 11) is -1.75. The van der Waals surface area contributed by atoms with Crippen LogP contribution in [0.2, 0.25) is 0 Å². The van der Waals surface area contributed by atoms with E-state index in [4.69, 9.17) is 5.26 Å². The minimum atomic E-state index is -3.71. The molecule has 7 heteroatoms. The zero-order valence-corrected chi connectivity index (χ0v) is 13.1. The molecule has 1 heterocycles. The Labute approximate surface area is 124 Å². The first-order valence-electron chi connectivity index (χ1n) is 6.69. The summed E-state index contributed by atoms with van der Waals surface area (Å²) in [6.07, 6.45) is 0. The molecule has 1 aromatic carbocycles. The summed E-state index contributed by atoms with van der Waals surface area (Å²) in [5.41, 5.74) is -0.258. The first-order valence-corrected chi connectivity index (χ1v) is 8.13. The molecular weight excluding hydrogens is 293 g/mol. The lowest BCUT2D eigenvalue weighted by Gasteiger charge is -2.41. The largest absolute Gasteiger partial charge is 0.298 e. The van der Waals surface area contributed by atoms with Gasteiger partial charge in [0.2, 0.25) is 10.0 Å². The predicted molar refractivity (Wildman–Crippen MR) is 76.6 cm³/mol. The van der Waals surface area contributed by atoms with E-state index in [0.717, 1.165) is 12.1 Å². The van der Waals surface area contributed by atoms with Gasteiger partial charge in [-0.05, 0) is 39.1 Å². The number of rotatable bonds is 2. The number of nitrogens with zero attached hydrogens (tertiary/aromatic N) is 3. The van der Waals surface area contributed by atoms with Crippen LogP contribution in [0.25, 0.3) is 0 Å². The summed E-state index contributed by atoms with van der Waals surface area (Å²) in [5, 5.41) is 8.83. The fraction of sp³-hybridized carbons (Fsp3) is 0.500. The predicted octanol–water partition coefficient (Wildman–Crippen LogP) is 1.41. The van der Waals surface area contributed by atoms with E-state index < -0.39 is 15.8 Å². The van der Waals surface area contributed by atoms with E-state index in [1.807, 2.05) is 20.9 Å². The molecule has 0 amide bonds. The quantitative estimate of drug-likeness (QED) is 0.828. The van der Waals surface area contributed by atoms with E-state index in [1.165, 1.54) is 10.4 Å². The second-order valence-corrected chi connectivity index (χ2v) is 7.38. The number of hydrogen-bond donors (Lipinski definition) is 0. The molecule has 1 aliphatic rings. The van der Waals surface area contributed by atoms with Crippen molar-refractivity contribution in [3.05, 3.63) is 29.6 Å². The van der Waals surface area contributed by atoms with Gasteiger partial charge in [-0.25, -0.2) is 12.8 Å². The van der Waals surface area contributed by atoms with Crippen molar-refractivity contribution in [3.63, 3.8) is 0 Å². The van der Waals surface area contributed by atoms with E-state index in [1.54, 1.807) is 6.07 Å². The van der Waals surface area contributed by atoms with Gasteiger partial charge in [-0.3, -0.25) is 4.90 Å². The fourth-order valence-corrected chi connectivity index (χ4v) is 4.08. The standard InChI is InChI=1S/C14H18FN3O2S/c1-10-8-18(9-11(2)17(10)3)21(19,20)13-4-5-14(15)12(6-13)7-16/h4-6,10-11H,8-9H2,1-3H3. The van der Waals surface area contributed by atoms with Crippen molar-refractivity contribution in [2.24, 2.45) is 0 Å². The van der Waals surface area contributed by atoms with E-state index in [2.05, 4.69) is 4.90 Å². The lowest BCUT2D eigenvalue weighted by Crippen LogP contribution is -2.56. The molecule has 1 saturated heterocycles. The summed E-state index contributed by atoms with van der Waals surface area (Å²) in [4.78, 5) is 2.08. The SMILES string of the molecule is CC1CN(S(=O)(=O)c2ccc(F)c(C#N)c2)CC(C)N1C. The fourth-order valence-electron chi connectivity index (χ4n) is 2.45. The van der Waals surface area contributed by atoms with Crippen LogP contribution in [0, 0.1) is 17.1 Å². The first-order chi connectivity index (χ1) is 9.77. The van der Waals surface area contributed by atoms with Crippen LogP contribution in [0.15, 0.2) is 23.1 Å². The topological polar surface area (TPSA) is 64.4 Å². The molecule has 5 nitrogen and oxygen atoms in total. The van der Waals surface area contributed by atoms with Crippen molar-refractivity contribution >= 4 is 10.0 Å². The van der Waals surface area contributed by atoms with E-state index in [0.29, 0.717) is 13.1 Å². The zero-order chi connectivity index (χ0) is 15.8. The van der Waals surface area contributed by atoms with Crippen LogP contribution < -0.4 is 0 Å². The minimum absolute atomic E-state index is 0.0376. The van der Waals surface area contributed by atoms with Gasteiger partial charge < -0.3 is 0 Å².